The van der Waals surface area contributed by atoms with Crippen molar-refractivity contribution in [3.63, 3.8) is 0 Å². The van der Waals surface area contributed by atoms with E-state index in [0.717, 1.165) is 0 Å². The van der Waals surface area contributed by atoms with Gasteiger partial charge in [-0.1, -0.05) is 42.9 Å². The second kappa shape index (κ2) is 4.94. The van der Waals surface area contributed by atoms with Crippen molar-refractivity contribution in [1.29, 1.82) is 0 Å². The molecule has 4 unspecified atom stereocenters. The average Bonchev–Trinajstić information content (AvgIpc) is 2.42. The molecule has 0 aliphatic carbocycles. The first-order chi connectivity index (χ1) is 6.11. The number of rotatable bonds is 3. The number of nitrogens with two attached hydrogens (primary N) is 1. The predicted octanol–water partition coefficient (Wildman–Crippen LogP) is 2.22. The molecule has 1 aliphatic heterocycles. The molecule has 3 heteroatoms. The second-order valence-electron chi connectivity index (χ2n) is 3.99. The monoisotopic (exact) mass is 296 g/mol. The maximum atomic E-state index is 6.23. The highest BCUT2D eigenvalue weighted by Crippen LogP contribution is 2.30. The lowest BCUT2D eigenvalue weighted by molar-refractivity contribution is 0.240. The number of hydrogen-bond donors (Lipinski definition) is 1. The molecule has 2 nitrogen and oxygen atoms in total. The van der Waals surface area contributed by atoms with Crippen molar-refractivity contribution in [1.82, 2.24) is 4.90 Å². The number of hydrogen-bond acceptors (Lipinski definition) is 2. The van der Waals surface area contributed by atoms with Gasteiger partial charge in [0.15, 0.2) is 0 Å². The topological polar surface area (TPSA) is 29.3 Å². The molecule has 1 saturated heterocycles. The summed E-state index contributed by atoms with van der Waals surface area (Å²) in [5, 5.41) is 0. The van der Waals surface area contributed by atoms with Crippen LogP contribution in [-0.4, -0.2) is 27.6 Å². The molecular formula is C10H21IN2. The first-order valence-electron chi connectivity index (χ1n) is 5.27. The van der Waals surface area contributed by atoms with E-state index in [-0.39, 0.29) is 0 Å². The summed E-state index contributed by atoms with van der Waals surface area (Å²) < 4.78 is 0.616. The van der Waals surface area contributed by atoms with Gasteiger partial charge in [0, 0.05) is 18.6 Å². The molecule has 0 spiro atoms. The van der Waals surface area contributed by atoms with Gasteiger partial charge in [-0.05, 0) is 19.3 Å². The van der Waals surface area contributed by atoms with Crippen LogP contribution in [0, 0.1) is 5.92 Å². The fourth-order valence-electron chi connectivity index (χ4n) is 2.38. The Balaban J connectivity index is 2.66. The molecule has 1 rings (SSSR count). The van der Waals surface area contributed by atoms with Gasteiger partial charge in [-0.25, -0.2) is 0 Å². The first-order valence-corrected chi connectivity index (χ1v) is 6.51. The van der Waals surface area contributed by atoms with Crippen molar-refractivity contribution in [3.05, 3.63) is 0 Å². The molecule has 4 atom stereocenters. The summed E-state index contributed by atoms with van der Waals surface area (Å²) in [6, 6.07) is 1.00. The second-order valence-corrected chi connectivity index (χ2v) is 5.79. The summed E-state index contributed by atoms with van der Waals surface area (Å²) in [6.07, 6.45) is 2.41. The van der Waals surface area contributed by atoms with Crippen LogP contribution in [0.2, 0.25) is 0 Å². The van der Waals surface area contributed by atoms with Crippen molar-refractivity contribution < 1.29 is 0 Å². The zero-order chi connectivity index (χ0) is 10.0. The minimum Gasteiger partial charge on any atom is -0.326 e. The predicted molar refractivity (Wildman–Crippen MR) is 66.0 cm³/mol. The van der Waals surface area contributed by atoms with Gasteiger partial charge in [0.05, 0.1) is 4.05 Å². The third kappa shape index (κ3) is 2.36. The highest BCUT2D eigenvalue weighted by atomic mass is 127. The van der Waals surface area contributed by atoms with Crippen LogP contribution in [0.25, 0.3) is 0 Å². The lowest BCUT2D eigenvalue weighted by Crippen LogP contribution is -2.42. The summed E-state index contributed by atoms with van der Waals surface area (Å²) in [4.78, 5) is 2.55. The van der Waals surface area contributed by atoms with Crippen LogP contribution in [0.5, 0.6) is 0 Å². The Morgan fingerprint density at radius 2 is 2.08 bits per heavy atom. The van der Waals surface area contributed by atoms with Crippen LogP contribution in [0.1, 0.15) is 33.6 Å². The zero-order valence-corrected chi connectivity index (χ0v) is 11.0. The molecule has 0 bridgehead atoms. The molecule has 1 heterocycles. The van der Waals surface area contributed by atoms with Gasteiger partial charge in [-0.2, -0.15) is 0 Å². The minimum atomic E-state index is 0.396. The minimum absolute atomic E-state index is 0.396. The fraction of sp³-hybridized carbons (Fsp3) is 1.00. The Morgan fingerprint density at radius 1 is 1.46 bits per heavy atom. The number of likely N-dealkylation sites (tertiary alicyclic amines) is 1. The van der Waals surface area contributed by atoms with Crippen LogP contribution in [0.15, 0.2) is 0 Å². The maximum Gasteiger partial charge on any atom is 0.0593 e. The van der Waals surface area contributed by atoms with Gasteiger partial charge in [0.25, 0.3) is 0 Å². The average molecular weight is 296 g/mol. The summed E-state index contributed by atoms with van der Waals surface area (Å²) in [6.45, 7) is 7.95. The molecule has 78 valence electrons. The highest BCUT2D eigenvalue weighted by Gasteiger charge is 2.38. The smallest absolute Gasteiger partial charge is 0.0593 e. The van der Waals surface area contributed by atoms with Gasteiger partial charge in [-0.3, -0.25) is 4.90 Å². The lowest BCUT2D eigenvalue weighted by Gasteiger charge is -2.27. The number of halogens is 1. The molecular weight excluding hydrogens is 275 g/mol. The Kier molecular flexibility index (Phi) is 4.45. The van der Waals surface area contributed by atoms with Crippen molar-refractivity contribution in [3.8, 4) is 0 Å². The number of alkyl halides is 1. The van der Waals surface area contributed by atoms with E-state index in [1.165, 1.54) is 19.4 Å². The van der Waals surface area contributed by atoms with E-state index in [9.17, 15) is 0 Å². The largest absolute Gasteiger partial charge is 0.326 e. The molecule has 0 aromatic carbocycles. The Hall–Kier alpha value is 0.650. The summed E-state index contributed by atoms with van der Waals surface area (Å²) in [5.41, 5.74) is 6.23. The van der Waals surface area contributed by atoms with E-state index in [0.29, 0.717) is 22.1 Å². The van der Waals surface area contributed by atoms with Crippen molar-refractivity contribution >= 4 is 22.6 Å². The molecule has 1 aliphatic rings. The van der Waals surface area contributed by atoms with Crippen molar-refractivity contribution in [2.75, 3.05) is 6.54 Å². The van der Waals surface area contributed by atoms with E-state index in [1.807, 2.05) is 0 Å². The molecule has 13 heavy (non-hydrogen) atoms. The fourth-order valence-corrected chi connectivity index (χ4v) is 3.02. The highest BCUT2D eigenvalue weighted by molar-refractivity contribution is 14.1. The Morgan fingerprint density at radius 3 is 2.38 bits per heavy atom. The molecule has 0 radical (unpaired) electrons. The van der Waals surface area contributed by atoms with E-state index in [2.05, 4.69) is 48.3 Å². The normalized spacial score (nSPS) is 38.1. The molecule has 0 aromatic rings. The van der Waals surface area contributed by atoms with Crippen LogP contribution < -0.4 is 5.73 Å². The van der Waals surface area contributed by atoms with Crippen LogP contribution in [0.3, 0.4) is 0 Å². The zero-order valence-electron chi connectivity index (χ0n) is 8.83. The van der Waals surface area contributed by atoms with Gasteiger partial charge < -0.3 is 5.73 Å². The third-order valence-electron chi connectivity index (χ3n) is 3.26. The first kappa shape index (κ1) is 11.7. The molecule has 1 fully saturated rings. The van der Waals surface area contributed by atoms with Gasteiger partial charge in [0.2, 0.25) is 0 Å². The van der Waals surface area contributed by atoms with Gasteiger partial charge in [-0.15, -0.1) is 0 Å². The Labute approximate surface area is 95.4 Å². The van der Waals surface area contributed by atoms with Crippen LogP contribution in [-0.2, 0) is 0 Å². The lowest BCUT2D eigenvalue weighted by atomic mass is 9.96. The Bertz CT molecular complexity index is 161. The standard InChI is InChI=1S/C10H21IN2/c1-4-8-6-13(7(3)11)9(5-2)10(8)12/h7-10H,4-6,12H2,1-3H3. The van der Waals surface area contributed by atoms with Crippen molar-refractivity contribution in [2.45, 2.75) is 49.7 Å². The van der Waals surface area contributed by atoms with E-state index < -0.39 is 0 Å². The maximum absolute atomic E-state index is 6.23. The van der Waals surface area contributed by atoms with E-state index >= 15 is 0 Å². The van der Waals surface area contributed by atoms with Gasteiger partial charge >= 0.3 is 0 Å². The quantitative estimate of drug-likeness (QED) is 0.491. The summed E-state index contributed by atoms with van der Waals surface area (Å²) in [7, 11) is 0. The van der Waals surface area contributed by atoms with E-state index in [1.54, 1.807) is 0 Å². The summed E-state index contributed by atoms with van der Waals surface area (Å²) in [5.74, 6) is 0.710. The van der Waals surface area contributed by atoms with Crippen LogP contribution in [0.4, 0.5) is 0 Å². The molecule has 0 saturated carbocycles. The third-order valence-corrected chi connectivity index (χ3v) is 3.98. The molecule has 0 aromatic heterocycles. The van der Waals surface area contributed by atoms with Crippen molar-refractivity contribution in [2.24, 2.45) is 11.7 Å². The van der Waals surface area contributed by atoms with E-state index in [4.69, 9.17) is 5.73 Å². The van der Waals surface area contributed by atoms with Gasteiger partial charge in [0.1, 0.15) is 0 Å². The molecule has 0 amide bonds. The molecule has 2 N–H and O–H groups in total. The SMILES string of the molecule is CCC1CN(C(C)I)C(CC)C1N. The van der Waals surface area contributed by atoms with Crippen LogP contribution >= 0.6 is 22.6 Å². The number of nitrogens with zero attached hydrogens (tertiary/aromatic N) is 1. The summed E-state index contributed by atoms with van der Waals surface area (Å²) >= 11 is 2.49.